The minimum atomic E-state index is -1.13. The van der Waals surface area contributed by atoms with Crippen LogP contribution in [0.3, 0.4) is 0 Å². The Balaban J connectivity index is -0.0000000771. The molecule has 0 saturated heterocycles. The van der Waals surface area contributed by atoms with Gasteiger partial charge in [-0.1, -0.05) is 60.7 Å². The molecular weight excluding hydrogens is 320 g/mol. The summed E-state index contributed by atoms with van der Waals surface area (Å²) in [7, 11) is 0. The molecule has 2 aromatic carbocycles. The topological polar surface area (TPSA) is 206 Å². The zero-order valence-corrected chi connectivity index (χ0v) is 13.5. The predicted molar refractivity (Wildman–Crippen MR) is 81.8 cm³/mol. The number of carbonyl (C=O) groups is 2. The summed E-state index contributed by atoms with van der Waals surface area (Å²) >= 11 is 0. The van der Waals surface area contributed by atoms with Crippen LogP contribution in [0.4, 0.5) is 0 Å². The van der Waals surface area contributed by atoms with Crippen LogP contribution >= 0.6 is 0 Å². The Kier molecular flexibility index (Phi) is 25.7. The van der Waals surface area contributed by atoms with Gasteiger partial charge in [-0.05, 0) is 11.1 Å². The van der Waals surface area contributed by atoms with Crippen LogP contribution < -0.4 is 10.2 Å². The smallest absolute Gasteiger partial charge is 0.545 e. The molecule has 2 rings (SSSR count). The first-order valence-electron chi connectivity index (χ1n) is 5.14. The Morgan fingerprint density at radius 2 is 0.783 bits per heavy atom. The molecule has 0 aromatic heterocycles. The first kappa shape index (κ1) is 32.8. The molecule has 2 aromatic rings. The minimum Gasteiger partial charge on any atom is -0.545 e. The van der Waals surface area contributed by atoms with Gasteiger partial charge in [-0.3, -0.25) is 0 Å². The Hall–Kier alpha value is -2.01. The average molecular weight is 339 g/mol. The van der Waals surface area contributed by atoms with Crippen LogP contribution in [0.25, 0.3) is 0 Å². The van der Waals surface area contributed by atoms with Crippen LogP contribution in [0.5, 0.6) is 0 Å². The van der Waals surface area contributed by atoms with Crippen molar-refractivity contribution in [2.75, 3.05) is 0 Å². The van der Waals surface area contributed by atoms with Crippen LogP contribution in [0.1, 0.15) is 20.7 Å². The first-order valence-corrected chi connectivity index (χ1v) is 5.14. The van der Waals surface area contributed by atoms with Gasteiger partial charge in [0.05, 0.1) is 11.9 Å². The van der Waals surface area contributed by atoms with Crippen molar-refractivity contribution in [2.24, 2.45) is 0 Å². The van der Waals surface area contributed by atoms with Crippen LogP contribution in [0.15, 0.2) is 60.7 Å². The van der Waals surface area contributed by atoms with Gasteiger partial charge in [-0.15, -0.1) is 0 Å². The van der Waals surface area contributed by atoms with E-state index in [0.29, 0.717) is 0 Å². The molecule has 0 saturated carbocycles. The normalized spacial score (nSPS) is 6.96. The summed E-state index contributed by atoms with van der Waals surface area (Å²) in [6.07, 6.45) is 0. The first-order chi connectivity index (χ1) is 8.61. The van der Waals surface area contributed by atoms with Crippen LogP contribution in [0.2, 0.25) is 0 Å². The Labute approximate surface area is 148 Å². The second-order valence-corrected chi connectivity index (χ2v) is 3.31. The summed E-state index contributed by atoms with van der Waals surface area (Å²) in [5.41, 5.74) is 0.440. The minimum absolute atomic E-state index is 0. The number of aromatic carboxylic acids is 2. The summed E-state index contributed by atoms with van der Waals surface area (Å²) in [6.45, 7) is 0. The molecule has 0 spiro atoms. The molecule has 124 valence electrons. The quantitative estimate of drug-likeness (QED) is 0.508. The second kappa shape index (κ2) is 18.0. The SMILES string of the molecule is O.O.O.O.O=C([O-])c1ccccc1.O=C([O-])c1ccccc1.[Mg+2]. The Morgan fingerprint density at radius 3 is 0.913 bits per heavy atom. The molecule has 0 unspecified atom stereocenters. The Bertz CT molecular complexity index is 469. The molecule has 0 aliphatic carbocycles. The predicted octanol–water partition coefficient (Wildman–Crippen LogP) is -3.58. The van der Waals surface area contributed by atoms with Gasteiger partial charge in [0.1, 0.15) is 0 Å². The van der Waals surface area contributed by atoms with Crippen molar-refractivity contribution >= 4 is 35.0 Å². The van der Waals surface area contributed by atoms with Gasteiger partial charge in [0.25, 0.3) is 0 Å². The number of carboxylic acids is 2. The third-order valence-electron chi connectivity index (χ3n) is 2.02. The van der Waals surface area contributed by atoms with Crippen molar-refractivity contribution in [3.8, 4) is 0 Å². The summed E-state index contributed by atoms with van der Waals surface area (Å²) in [6, 6.07) is 16.1. The fourth-order valence-corrected chi connectivity index (χ4v) is 1.15. The standard InChI is InChI=1S/2C7H6O2.Mg.4H2O/c2*8-7(9)6-4-2-1-3-5-6;;;;;/h2*1-5H,(H,8,9);;4*1H2/q;;+2;;;;/p-2. The molecule has 0 aliphatic rings. The zero-order chi connectivity index (χ0) is 13.4. The number of hydrogen-bond acceptors (Lipinski definition) is 4. The van der Waals surface area contributed by atoms with E-state index in [9.17, 15) is 19.8 Å². The summed E-state index contributed by atoms with van der Waals surface area (Å²) in [5.74, 6) is -2.26. The molecule has 0 fully saturated rings. The number of carboxylic acid groups (broad SMARTS) is 2. The molecule has 9 heteroatoms. The molecule has 0 heterocycles. The monoisotopic (exact) mass is 338 g/mol. The van der Waals surface area contributed by atoms with Crippen molar-refractivity contribution in [1.82, 2.24) is 0 Å². The van der Waals surface area contributed by atoms with Gasteiger partial charge in [0.2, 0.25) is 0 Å². The van der Waals surface area contributed by atoms with Crippen molar-refractivity contribution in [2.45, 2.75) is 0 Å². The summed E-state index contributed by atoms with van der Waals surface area (Å²) in [5, 5.41) is 20.2. The average Bonchev–Trinajstić information content (AvgIpc) is 2.41. The van der Waals surface area contributed by atoms with Crippen LogP contribution in [-0.2, 0) is 0 Å². The van der Waals surface area contributed by atoms with Crippen LogP contribution in [-0.4, -0.2) is 56.9 Å². The molecule has 0 aliphatic heterocycles. The maximum absolute atomic E-state index is 10.1. The van der Waals surface area contributed by atoms with Crippen LogP contribution in [0, 0.1) is 0 Å². The van der Waals surface area contributed by atoms with E-state index < -0.39 is 11.9 Å². The number of rotatable bonds is 2. The second-order valence-electron chi connectivity index (χ2n) is 3.31. The van der Waals surface area contributed by atoms with Gasteiger partial charge in [-0.25, -0.2) is 0 Å². The largest absolute Gasteiger partial charge is 2.00 e. The van der Waals surface area contributed by atoms with E-state index in [0.717, 1.165) is 0 Å². The summed E-state index contributed by atoms with van der Waals surface area (Å²) in [4.78, 5) is 20.2. The fraction of sp³-hybridized carbons (Fsp3) is 0. The van der Waals surface area contributed by atoms with E-state index in [1.54, 1.807) is 36.4 Å². The number of benzene rings is 2. The van der Waals surface area contributed by atoms with Gasteiger partial charge < -0.3 is 41.7 Å². The fourth-order valence-electron chi connectivity index (χ4n) is 1.15. The zero-order valence-electron chi connectivity index (χ0n) is 12.1. The number of carbonyl (C=O) groups excluding carboxylic acids is 2. The molecule has 0 amide bonds. The third-order valence-corrected chi connectivity index (χ3v) is 2.02. The van der Waals surface area contributed by atoms with E-state index >= 15 is 0 Å². The molecule has 8 N–H and O–H groups in total. The van der Waals surface area contributed by atoms with E-state index in [1.165, 1.54) is 24.3 Å². The van der Waals surface area contributed by atoms with Gasteiger partial charge in [0.15, 0.2) is 0 Å². The molecule has 23 heavy (non-hydrogen) atoms. The maximum Gasteiger partial charge on any atom is 2.00 e. The van der Waals surface area contributed by atoms with Crippen molar-refractivity contribution in [3.63, 3.8) is 0 Å². The maximum atomic E-state index is 10.1. The van der Waals surface area contributed by atoms with Crippen molar-refractivity contribution < 1.29 is 41.7 Å². The van der Waals surface area contributed by atoms with E-state index in [2.05, 4.69) is 0 Å². The van der Waals surface area contributed by atoms with Gasteiger partial charge in [0, 0.05) is 0 Å². The molecular formula is C14H18MgO8. The third kappa shape index (κ3) is 13.4. The van der Waals surface area contributed by atoms with E-state index in [1.807, 2.05) is 0 Å². The van der Waals surface area contributed by atoms with E-state index in [-0.39, 0.29) is 56.1 Å². The Morgan fingerprint density at radius 1 is 0.565 bits per heavy atom. The molecule has 0 atom stereocenters. The molecule has 0 radical (unpaired) electrons. The van der Waals surface area contributed by atoms with Crippen molar-refractivity contribution in [3.05, 3.63) is 71.8 Å². The van der Waals surface area contributed by atoms with E-state index in [4.69, 9.17) is 0 Å². The van der Waals surface area contributed by atoms with Gasteiger partial charge >= 0.3 is 23.1 Å². The molecule has 8 nitrogen and oxygen atoms in total. The van der Waals surface area contributed by atoms with Gasteiger partial charge in [-0.2, -0.15) is 0 Å². The summed E-state index contributed by atoms with van der Waals surface area (Å²) < 4.78 is 0. The molecule has 0 bridgehead atoms. The number of hydrogen-bond donors (Lipinski definition) is 0. The van der Waals surface area contributed by atoms with Crippen molar-refractivity contribution in [1.29, 1.82) is 0 Å².